The highest BCUT2D eigenvalue weighted by Crippen LogP contribution is 2.22. The lowest BCUT2D eigenvalue weighted by Gasteiger charge is -2.13. The number of H-pyrrole nitrogens is 1. The number of nitriles is 1. The van der Waals surface area contributed by atoms with Crippen LogP contribution in [-0.4, -0.2) is 20.6 Å². The molecule has 0 radical (unpaired) electrons. The van der Waals surface area contributed by atoms with Gasteiger partial charge in [0.2, 0.25) is 0 Å². The number of rotatable bonds is 3. The van der Waals surface area contributed by atoms with Crippen molar-refractivity contribution in [2.45, 2.75) is 6.04 Å². The number of thiophene rings is 1. The van der Waals surface area contributed by atoms with E-state index in [-0.39, 0.29) is 5.56 Å². The van der Waals surface area contributed by atoms with Gasteiger partial charge in [0.1, 0.15) is 11.6 Å². The Morgan fingerprint density at radius 2 is 2.26 bits per heavy atom. The second kappa shape index (κ2) is 4.91. The van der Waals surface area contributed by atoms with Crippen molar-refractivity contribution >= 4 is 17.3 Å². The third-order valence-electron chi connectivity index (χ3n) is 2.41. The molecule has 0 spiro atoms. The van der Waals surface area contributed by atoms with E-state index in [0.29, 0.717) is 4.88 Å². The van der Waals surface area contributed by atoms with Crippen molar-refractivity contribution in [3.8, 4) is 6.07 Å². The quantitative estimate of drug-likeness (QED) is 0.828. The molecule has 8 heteroatoms. The fraction of sp³-hybridized carbons (Fsp3) is 0.0909. The lowest BCUT2D eigenvalue weighted by atomic mass is 10.2. The van der Waals surface area contributed by atoms with Crippen LogP contribution >= 0.6 is 11.3 Å². The molecule has 1 atom stereocenters. The van der Waals surface area contributed by atoms with Gasteiger partial charge in [0.05, 0.1) is 0 Å². The molecule has 0 amide bonds. The van der Waals surface area contributed by atoms with Crippen LogP contribution in [0.4, 0.5) is 0 Å². The Labute approximate surface area is 110 Å². The van der Waals surface area contributed by atoms with E-state index in [4.69, 9.17) is 5.26 Å². The zero-order chi connectivity index (χ0) is 14.0. The maximum absolute atomic E-state index is 11.7. The van der Waals surface area contributed by atoms with Gasteiger partial charge in [0.15, 0.2) is 6.04 Å². The number of hydrogen-bond donors (Lipinski definition) is 2. The van der Waals surface area contributed by atoms with Crippen LogP contribution in [0, 0.1) is 11.3 Å². The van der Waals surface area contributed by atoms with Crippen molar-refractivity contribution < 1.29 is 9.90 Å². The largest absolute Gasteiger partial charge is 0.479 e. The second-order valence-corrected chi connectivity index (χ2v) is 4.56. The van der Waals surface area contributed by atoms with E-state index < -0.39 is 23.3 Å². The number of carboxylic acid groups (broad SMARTS) is 1. The van der Waals surface area contributed by atoms with Crippen molar-refractivity contribution in [2.75, 3.05) is 0 Å². The van der Waals surface area contributed by atoms with Crippen molar-refractivity contribution in [3.63, 3.8) is 0 Å². The highest BCUT2D eigenvalue weighted by molar-refractivity contribution is 7.10. The van der Waals surface area contributed by atoms with Gasteiger partial charge in [-0.2, -0.15) is 5.26 Å². The zero-order valence-electron chi connectivity index (χ0n) is 9.36. The lowest BCUT2D eigenvalue weighted by Crippen LogP contribution is -2.36. The van der Waals surface area contributed by atoms with Crippen LogP contribution in [0.1, 0.15) is 16.5 Å². The predicted octanol–water partition coefficient (Wildman–Crippen LogP) is 0.144. The summed E-state index contributed by atoms with van der Waals surface area (Å²) in [5.74, 6) is -1.25. The van der Waals surface area contributed by atoms with E-state index in [1.165, 1.54) is 11.3 Å². The smallest absolute Gasteiger partial charge is 0.332 e. The minimum absolute atomic E-state index is 0.317. The summed E-state index contributed by atoms with van der Waals surface area (Å²) in [5, 5.41) is 19.7. The first-order valence-corrected chi connectivity index (χ1v) is 5.94. The molecule has 0 saturated carbocycles. The monoisotopic (exact) mass is 277 g/mol. The topological polar surface area (TPSA) is 116 Å². The molecule has 2 heterocycles. The molecule has 2 aromatic rings. The molecule has 2 aromatic heterocycles. The first-order chi connectivity index (χ1) is 9.04. The molecule has 0 saturated heterocycles. The number of carboxylic acids is 1. The predicted molar refractivity (Wildman–Crippen MR) is 66.1 cm³/mol. The van der Waals surface area contributed by atoms with Crippen LogP contribution in [0.5, 0.6) is 0 Å². The fourth-order valence-electron chi connectivity index (χ4n) is 1.58. The van der Waals surface area contributed by atoms with Crippen LogP contribution in [0.25, 0.3) is 0 Å². The number of aromatic amines is 1. The molecule has 2 rings (SSSR count). The minimum atomic E-state index is -1.27. The number of aromatic nitrogens is 2. The average molecular weight is 277 g/mol. The summed E-state index contributed by atoms with van der Waals surface area (Å²) in [5.41, 5.74) is -2.02. The molecule has 19 heavy (non-hydrogen) atoms. The molecule has 2 N–H and O–H groups in total. The number of carbonyl (C=O) groups is 1. The molecule has 96 valence electrons. The van der Waals surface area contributed by atoms with E-state index in [0.717, 1.165) is 10.8 Å². The van der Waals surface area contributed by atoms with Crippen molar-refractivity contribution in [2.24, 2.45) is 0 Å². The molecule has 0 aliphatic rings. The van der Waals surface area contributed by atoms with Gasteiger partial charge in [0, 0.05) is 11.1 Å². The van der Waals surface area contributed by atoms with E-state index in [1.807, 2.05) is 4.98 Å². The van der Waals surface area contributed by atoms with Crippen LogP contribution < -0.4 is 11.2 Å². The third kappa shape index (κ3) is 2.31. The summed E-state index contributed by atoms with van der Waals surface area (Å²) in [6, 6.07) is 3.55. The number of nitrogens with one attached hydrogen (secondary N) is 1. The SMILES string of the molecule is N#Cc1cn([C@@H](C(=O)O)c2cccs2)c(=O)[nH]c1=O. The first-order valence-electron chi connectivity index (χ1n) is 5.06. The third-order valence-corrected chi connectivity index (χ3v) is 3.34. The summed E-state index contributed by atoms with van der Waals surface area (Å²) in [6.07, 6.45) is 0.958. The number of hydrogen-bond acceptors (Lipinski definition) is 5. The van der Waals surface area contributed by atoms with Gasteiger partial charge in [-0.1, -0.05) is 6.07 Å². The summed E-state index contributed by atoms with van der Waals surface area (Å²) >= 11 is 1.17. The van der Waals surface area contributed by atoms with Gasteiger partial charge in [-0.05, 0) is 11.4 Å². The summed E-state index contributed by atoms with van der Waals surface area (Å²) in [6.45, 7) is 0. The molecule has 0 fully saturated rings. The van der Waals surface area contributed by atoms with E-state index in [9.17, 15) is 19.5 Å². The van der Waals surface area contributed by atoms with Gasteiger partial charge in [-0.25, -0.2) is 9.59 Å². The Kier molecular flexibility index (Phi) is 3.31. The maximum Gasteiger partial charge on any atom is 0.332 e. The van der Waals surface area contributed by atoms with E-state index >= 15 is 0 Å². The Hall–Kier alpha value is -2.66. The Morgan fingerprint density at radius 1 is 1.53 bits per heavy atom. The molecule has 0 bridgehead atoms. The Balaban J connectivity index is 2.69. The Morgan fingerprint density at radius 3 is 2.79 bits per heavy atom. The van der Waals surface area contributed by atoms with E-state index in [2.05, 4.69) is 0 Å². The molecular formula is C11H7N3O4S. The lowest BCUT2D eigenvalue weighted by molar-refractivity contribution is -0.139. The van der Waals surface area contributed by atoms with Crippen LogP contribution in [0.3, 0.4) is 0 Å². The normalized spacial score (nSPS) is 11.7. The minimum Gasteiger partial charge on any atom is -0.479 e. The second-order valence-electron chi connectivity index (χ2n) is 3.58. The van der Waals surface area contributed by atoms with Crippen molar-refractivity contribution in [1.82, 2.24) is 9.55 Å². The Bertz CT molecular complexity index is 766. The van der Waals surface area contributed by atoms with Gasteiger partial charge in [-0.3, -0.25) is 14.3 Å². The first kappa shape index (κ1) is 12.8. The molecular weight excluding hydrogens is 270 g/mol. The van der Waals surface area contributed by atoms with E-state index in [1.54, 1.807) is 23.6 Å². The van der Waals surface area contributed by atoms with Gasteiger partial charge in [0.25, 0.3) is 5.56 Å². The molecule has 0 aromatic carbocycles. The maximum atomic E-state index is 11.7. The summed E-state index contributed by atoms with van der Waals surface area (Å²) < 4.78 is 0.827. The standard InChI is InChI=1S/C11H7N3O4S/c12-4-6-5-14(11(18)13-9(6)15)8(10(16)17)7-2-1-3-19-7/h1-3,5,8H,(H,16,17)(H,13,15,18)/t8-/m1/s1. The molecule has 7 nitrogen and oxygen atoms in total. The van der Waals surface area contributed by atoms with Crippen LogP contribution in [0.2, 0.25) is 0 Å². The fourth-order valence-corrected chi connectivity index (χ4v) is 2.40. The van der Waals surface area contributed by atoms with Crippen molar-refractivity contribution in [1.29, 1.82) is 5.26 Å². The number of nitrogens with zero attached hydrogens (tertiary/aromatic N) is 2. The molecule has 0 aliphatic carbocycles. The molecule has 0 unspecified atom stereocenters. The van der Waals surface area contributed by atoms with Gasteiger partial charge in [-0.15, -0.1) is 11.3 Å². The summed E-state index contributed by atoms with van der Waals surface area (Å²) in [4.78, 5) is 36.6. The average Bonchev–Trinajstić information content (AvgIpc) is 2.85. The summed E-state index contributed by atoms with van der Waals surface area (Å²) in [7, 11) is 0. The van der Waals surface area contributed by atoms with Crippen molar-refractivity contribution in [3.05, 3.63) is 55.0 Å². The molecule has 0 aliphatic heterocycles. The zero-order valence-corrected chi connectivity index (χ0v) is 10.2. The van der Waals surface area contributed by atoms with Crippen LogP contribution in [-0.2, 0) is 4.79 Å². The highest BCUT2D eigenvalue weighted by atomic mass is 32.1. The van der Waals surface area contributed by atoms with Gasteiger partial charge >= 0.3 is 11.7 Å². The van der Waals surface area contributed by atoms with Crippen LogP contribution in [0.15, 0.2) is 33.3 Å². The van der Waals surface area contributed by atoms with Gasteiger partial charge < -0.3 is 5.11 Å². The highest BCUT2D eigenvalue weighted by Gasteiger charge is 2.24. The number of aliphatic carboxylic acids is 1.